The molecule has 1 aromatic carbocycles. The van der Waals surface area contributed by atoms with Crippen LogP contribution in [0.3, 0.4) is 0 Å². The van der Waals surface area contributed by atoms with Crippen molar-refractivity contribution in [1.82, 2.24) is 4.72 Å². The van der Waals surface area contributed by atoms with E-state index in [0.717, 1.165) is 0 Å². The summed E-state index contributed by atoms with van der Waals surface area (Å²) in [6.45, 7) is 0. The lowest BCUT2D eigenvalue weighted by Gasteiger charge is -2.25. The van der Waals surface area contributed by atoms with Gasteiger partial charge in [-0.3, -0.25) is 4.79 Å². The fraction of sp³-hybridized carbons (Fsp3) is 0.462. The van der Waals surface area contributed by atoms with Crippen LogP contribution in [0.25, 0.3) is 0 Å². The lowest BCUT2D eigenvalue weighted by Crippen LogP contribution is -2.52. The van der Waals surface area contributed by atoms with Crippen molar-refractivity contribution in [2.24, 2.45) is 0 Å². The standard InChI is InChI=1S/C13H17NO5S/c1-19-10-4-6-11(7-5-10)20(17,18)14-13(12(15)16)8-2-3-9-13/h4-7,14H,2-3,8-9H2,1H3,(H,15,16). The van der Waals surface area contributed by atoms with Crippen molar-refractivity contribution in [2.75, 3.05) is 7.11 Å². The summed E-state index contributed by atoms with van der Waals surface area (Å²) in [6, 6.07) is 5.84. The van der Waals surface area contributed by atoms with Crippen molar-refractivity contribution in [2.45, 2.75) is 36.1 Å². The molecule has 0 radical (unpaired) electrons. The Labute approximate surface area is 117 Å². The number of ether oxygens (including phenoxy) is 1. The Kier molecular flexibility index (Phi) is 4.01. The van der Waals surface area contributed by atoms with Crippen molar-refractivity contribution >= 4 is 16.0 Å². The van der Waals surface area contributed by atoms with Gasteiger partial charge in [0.2, 0.25) is 10.0 Å². The zero-order chi connectivity index (χ0) is 14.8. The normalized spacial score (nSPS) is 17.9. The number of rotatable bonds is 5. The quantitative estimate of drug-likeness (QED) is 0.856. The summed E-state index contributed by atoms with van der Waals surface area (Å²) >= 11 is 0. The first-order chi connectivity index (χ1) is 9.39. The van der Waals surface area contributed by atoms with Crippen molar-refractivity contribution in [3.8, 4) is 5.75 Å². The number of carboxylic acids is 1. The van der Waals surface area contributed by atoms with Crippen molar-refractivity contribution in [3.05, 3.63) is 24.3 Å². The minimum Gasteiger partial charge on any atom is -0.497 e. The summed E-state index contributed by atoms with van der Waals surface area (Å²) in [5.74, 6) is -0.579. The molecule has 2 rings (SSSR count). The Morgan fingerprint density at radius 2 is 1.80 bits per heavy atom. The molecule has 2 N–H and O–H groups in total. The largest absolute Gasteiger partial charge is 0.497 e. The van der Waals surface area contributed by atoms with Crippen molar-refractivity contribution in [1.29, 1.82) is 0 Å². The number of carboxylic acid groups (broad SMARTS) is 1. The van der Waals surface area contributed by atoms with E-state index in [1.807, 2.05) is 0 Å². The molecule has 1 aromatic rings. The maximum Gasteiger partial charge on any atom is 0.324 e. The average Bonchev–Trinajstić information content (AvgIpc) is 2.88. The Morgan fingerprint density at radius 3 is 2.25 bits per heavy atom. The molecule has 20 heavy (non-hydrogen) atoms. The van der Waals surface area contributed by atoms with E-state index < -0.39 is 21.5 Å². The van der Waals surface area contributed by atoms with Crippen LogP contribution in [-0.2, 0) is 14.8 Å². The number of nitrogens with one attached hydrogen (secondary N) is 1. The lowest BCUT2D eigenvalue weighted by molar-refractivity contribution is -0.143. The summed E-state index contributed by atoms with van der Waals surface area (Å²) in [4.78, 5) is 11.4. The number of aliphatic carboxylic acids is 1. The maximum atomic E-state index is 12.3. The predicted molar refractivity (Wildman–Crippen MR) is 72.2 cm³/mol. The molecule has 1 saturated carbocycles. The highest BCUT2D eigenvalue weighted by Gasteiger charge is 2.44. The predicted octanol–water partition coefficient (Wildman–Crippen LogP) is 1.37. The van der Waals surface area contributed by atoms with Crippen LogP contribution in [0.15, 0.2) is 29.2 Å². The number of hydrogen-bond donors (Lipinski definition) is 2. The number of methoxy groups -OCH3 is 1. The number of hydrogen-bond acceptors (Lipinski definition) is 4. The second kappa shape index (κ2) is 5.41. The Hall–Kier alpha value is -1.60. The Balaban J connectivity index is 2.27. The molecule has 110 valence electrons. The van der Waals surface area contributed by atoms with E-state index in [4.69, 9.17) is 4.74 Å². The highest BCUT2D eigenvalue weighted by Crippen LogP contribution is 2.31. The van der Waals surface area contributed by atoms with Crippen LogP contribution >= 0.6 is 0 Å². The van der Waals surface area contributed by atoms with Gasteiger partial charge in [0, 0.05) is 0 Å². The molecular formula is C13H17NO5S. The number of benzene rings is 1. The monoisotopic (exact) mass is 299 g/mol. The van der Waals surface area contributed by atoms with Gasteiger partial charge in [0.25, 0.3) is 0 Å². The molecule has 0 saturated heterocycles. The Bertz CT molecular complexity index is 588. The third kappa shape index (κ3) is 2.78. The van der Waals surface area contributed by atoms with Gasteiger partial charge in [-0.1, -0.05) is 12.8 Å². The van der Waals surface area contributed by atoms with Crippen LogP contribution in [0.4, 0.5) is 0 Å². The van der Waals surface area contributed by atoms with Crippen LogP contribution in [-0.4, -0.2) is 32.1 Å². The van der Waals surface area contributed by atoms with E-state index in [9.17, 15) is 18.3 Å². The molecule has 1 fully saturated rings. The molecule has 1 aliphatic rings. The van der Waals surface area contributed by atoms with Gasteiger partial charge < -0.3 is 9.84 Å². The van der Waals surface area contributed by atoms with Gasteiger partial charge in [-0.25, -0.2) is 8.42 Å². The van der Waals surface area contributed by atoms with Gasteiger partial charge in [-0.2, -0.15) is 4.72 Å². The minimum absolute atomic E-state index is 0.0332. The fourth-order valence-electron chi connectivity index (χ4n) is 2.41. The SMILES string of the molecule is COc1ccc(S(=O)(=O)NC2(C(=O)O)CCCC2)cc1. The first-order valence-electron chi connectivity index (χ1n) is 6.31. The molecule has 6 nitrogen and oxygen atoms in total. The zero-order valence-corrected chi connectivity index (χ0v) is 11.9. The van der Waals surface area contributed by atoms with E-state index in [1.165, 1.54) is 31.4 Å². The van der Waals surface area contributed by atoms with Crippen LogP contribution in [0.5, 0.6) is 5.75 Å². The third-order valence-corrected chi connectivity index (χ3v) is 5.12. The van der Waals surface area contributed by atoms with E-state index in [2.05, 4.69) is 4.72 Å². The molecule has 1 aliphatic carbocycles. The molecule has 0 amide bonds. The van der Waals surface area contributed by atoms with Gasteiger partial charge in [0.05, 0.1) is 12.0 Å². The van der Waals surface area contributed by atoms with E-state index >= 15 is 0 Å². The number of carbonyl (C=O) groups is 1. The van der Waals surface area contributed by atoms with E-state index in [0.29, 0.717) is 31.4 Å². The Morgan fingerprint density at radius 1 is 1.25 bits per heavy atom. The van der Waals surface area contributed by atoms with Gasteiger partial charge in [-0.05, 0) is 37.1 Å². The van der Waals surface area contributed by atoms with Crippen molar-refractivity contribution in [3.63, 3.8) is 0 Å². The molecule has 0 spiro atoms. The van der Waals surface area contributed by atoms with Crippen LogP contribution in [0, 0.1) is 0 Å². The lowest BCUT2D eigenvalue weighted by atomic mass is 10.0. The smallest absolute Gasteiger partial charge is 0.324 e. The van der Waals surface area contributed by atoms with Gasteiger partial charge >= 0.3 is 5.97 Å². The highest BCUT2D eigenvalue weighted by molar-refractivity contribution is 7.89. The molecule has 0 unspecified atom stereocenters. The first kappa shape index (κ1) is 14.8. The van der Waals surface area contributed by atoms with Crippen LogP contribution in [0.2, 0.25) is 0 Å². The second-order valence-corrected chi connectivity index (χ2v) is 6.56. The molecule has 7 heteroatoms. The van der Waals surface area contributed by atoms with Gasteiger partial charge in [0.1, 0.15) is 11.3 Å². The molecule has 0 aromatic heterocycles. The maximum absolute atomic E-state index is 12.3. The van der Waals surface area contributed by atoms with Crippen LogP contribution < -0.4 is 9.46 Å². The van der Waals surface area contributed by atoms with E-state index in [-0.39, 0.29) is 4.90 Å². The summed E-state index contributed by atoms with van der Waals surface area (Å²) in [7, 11) is -2.37. The summed E-state index contributed by atoms with van der Waals surface area (Å²) < 4.78 is 31.9. The van der Waals surface area contributed by atoms with Crippen molar-refractivity contribution < 1.29 is 23.1 Å². The molecular weight excluding hydrogens is 282 g/mol. The molecule has 0 atom stereocenters. The molecule has 0 heterocycles. The van der Waals surface area contributed by atoms with Gasteiger partial charge in [-0.15, -0.1) is 0 Å². The zero-order valence-electron chi connectivity index (χ0n) is 11.1. The third-order valence-electron chi connectivity index (χ3n) is 3.57. The van der Waals surface area contributed by atoms with Crippen LogP contribution in [0.1, 0.15) is 25.7 Å². The number of sulfonamides is 1. The molecule has 0 aliphatic heterocycles. The highest BCUT2D eigenvalue weighted by atomic mass is 32.2. The van der Waals surface area contributed by atoms with Gasteiger partial charge in [0.15, 0.2) is 0 Å². The average molecular weight is 299 g/mol. The summed E-state index contributed by atoms with van der Waals surface area (Å²) in [6.07, 6.45) is 2.05. The summed E-state index contributed by atoms with van der Waals surface area (Å²) in [5, 5.41) is 9.31. The minimum atomic E-state index is -3.86. The topological polar surface area (TPSA) is 92.7 Å². The second-order valence-electron chi connectivity index (χ2n) is 4.88. The summed E-state index contributed by atoms with van der Waals surface area (Å²) in [5.41, 5.74) is -1.38. The van der Waals surface area contributed by atoms with E-state index in [1.54, 1.807) is 0 Å². The first-order valence-corrected chi connectivity index (χ1v) is 7.79. The molecule has 0 bridgehead atoms. The fourth-order valence-corrected chi connectivity index (χ4v) is 3.83.